The van der Waals surface area contributed by atoms with Gasteiger partial charge in [-0.05, 0) is 6.07 Å². The summed E-state index contributed by atoms with van der Waals surface area (Å²) in [5.74, 6) is 0.324. The largest absolute Gasteiger partial charge is 0.481 e. The quantitative estimate of drug-likeness (QED) is 0.702. The molecule has 13 heavy (non-hydrogen) atoms. The average molecular weight is 200 g/mol. The Morgan fingerprint density at radius 3 is 2.85 bits per heavy atom. The van der Waals surface area contributed by atoms with Crippen molar-refractivity contribution in [3.05, 3.63) is 22.8 Å². The number of halogens is 1. The molecule has 1 aromatic heterocycles. The SMILES string of the molecule is CCC(=O)c1nc(OC)ccc1Cl. The van der Waals surface area contributed by atoms with Crippen molar-refractivity contribution < 1.29 is 9.53 Å². The van der Waals surface area contributed by atoms with E-state index in [0.717, 1.165) is 0 Å². The van der Waals surface area contributed by atoms with E-state index >= 15 is 0 Å². The molecule has 0 aliphatic heterocycles. The molecule has 4 heteroatoms. The molecule has 0 saturated heterocycles. The number of methoxy groups -OCH3 is 1. The zero-order valence-corrected chi connectivity index (χ0v) is 8.26. The molecule has 3 nitrogen and oxygen atoms in total. The lowest BCUT2D eigenvalue weighted by atomic mass is 10.2. The number of ether oxygens (including phenoxy) is 1. The highest BCUT2D eigenvalue weighted by atomic mass is 35.5. The smallest absolute Gasteiger partial charge is 0.213 e. The summed E-state index contributed by atoms with van der Waals surface area (Å²) in [6, 6.07) is 3.23. The van der Waals surface area contributed by atoms with E-state index in [9.17, 15) is 4.79 Å². The minimum atomic E-state index is -0.0797. The summed E-state index contributed by atoms with van der Waals surface area (Å²) >= 11 is 5.79. The number of pyridine rings is 1. The van der Waals surface area contributed by atoms with E-state index in [2.05, 4.69) is 4.98 Å². The van der Waals surface area contributed by atoms with Crippen molar-refractivity contribution in [3.8, 4) is 5.88 Å². The van der Waals surface area contributed by atoms with Gasteiger partial charge in [0.15, 0.2) is 5.78 Å². The molecule has 1 heterocycles. The molecule has 1 rings (SSSR count). The van der Waals surface area contributed by atoms with E-state index in [1.807, 2.05) is 0 Å². The first-order chi connectivity index (χ1) is 6.19. The van der Waals surface area contributed by atoms with Gasteiger partial charge < -0.3 is 4.74 Å². The van der Waals surface area contributed by atoms with Crippen molar-refractivity contribution in [2.45, 2.75) is 13.3 Å². The summed E-state index contributed by atoms with van der Waals surface area (Å²) in [6.45, 7) is 1.76. The molecular weight excluding hydrogens is 190 g/mol. The average Bonchev–Trinajstić information content (AvgIpc) is 2.17. The topological polar surface area (TPSA) is 39.2 Å². The van der Waals surface area contributed by atoms with E-state index in [1.165, 1.54) is 7.11 Å². The van der Waals surface area contributed by atoms with Crippen LogP contribution in [0.5, 0.6) is 5.88 Å². The van der Waals surface area contributed by atoms with Gasteiger partial charge in [0.25, 0.3) is 0 Å². The fraction of sp³-hybridized carbons (Fsp3) is 0.333. The highest BCUT2D eigenvalue weighted by molar-refractivity contribution is 6.33. The van der Waals surface area contributed by atoms with Gasteiger partial charge in [0.1, 0.15) is 5.69 Å². The summed E-state index contributed by atoms with van der Waals surface area (Å²) < 4.78 is 4.88. The first kappa shape index (κ1) is 9.99. The molecule has 70 valence electrons. The number of ketones is 1. The van der Waals surface area contributed by atoms with E-state index < -0.39 is 0 Å². The van der Waals surface area contributed by atoms with Crippen LogP contribution in [0.3, 0.4) is 0 Å². The number of carbonyl (C=O) groups is 1. The van der Waals surface area contributed by atoms with Gasteiger partial charge in [-0.15, -0.1) is 0 Å². The Labute approximate surface area is 81.7 Å². The molecule has 0 fully saturated rings. The van der Waals surface area contributed by atoms with Crippen LogP contribution in [0.4, 0.5) is 0 Å². The third-order valence-electron chi connectivity index (χ3n) is 1.61. The molecule has 0 aliphatic carbocycles. The van der Waals surface area contributed by atoms with Crippen LogP contribution >= 0.6 is 11.6 Å². The predicted molar refractivity (Wildman–Crippen MR) is 50.4 cm³/mol. The van der Waals surface area contributed by atoms with Gasteiger partial charge in [0.05, 0.1) is 12.1 Å². The normalized spacial score (nSPS) is 9.77. The molecule has 0 unspecified atom stereocenters. The third kappa shape index (κ3) is 2.18. The van der Waals surface area contributed by atoms with Crippen molar-refractivity contribution in [3.63, 3.8) is 0 Å². The Bertz CT molecular complexity index is 325. The second-order valence-corrected chi connectivity index (χ2v) is 2.87. The minimum absolute atomic E-state index is 0.0797. The molecule has 0 N–H and O–H groups in total. The summed E-state index contributed by atoms with van der Waals surface area (Å²) in [5.41, 5.74) is 0.281. The monoisotopic (exact) mass is 199 g/mol. The number of nitrogens with zero attached hydrogens (tertiary/aromatic N) is 1. The first-order valence-corrected chi connectivity index (χ1v) is 4.30. The lowest BCUT2D eigenvalue weighted by Gasteiger charge is -2.03. The summed E-state index contributed by atoms with van der Waals surface area (Å²) in [4.78, 5) is 15.3. The van der Waals surface area contributed by atoms with Crippen LogP contribution < -0.4 is 4.74 Å². The van der Waals surface area contributed by atoms with E-state index in [-0.39, 0.29) is 11.5 Å². The molecule has 0 saturated carbocycles. The van der Waals surface area contributed by atoms with Crippen molar-refractivity contribution in [1.82, 2.24) is 4.98 Å². The maximum Gasteiger partial charge on any atom is 0.213 e. The van der Waals surface area contributed by atoms with Crippen LogP contribution in [-0.4, -0.2) is 17.9 Å². The van der Waals surface area contributed by atoms with Crippen LogP contribution in [0, 0.1) is 0 Å². The summed E-state index contributed by atoms with van der Waals surface area (Å²) in [7, 11) is 1.50. The standard InChI is InChI=1S/C9H10ClNO2/c1-3-7(12)9-6(10)4-5-8(11-9)13-2/h4-5H,3H2,1-2H3. The van der Waals surface area contributed by atoms with Crippen LogP contribution in [0.1, 0.15) is 23.8 Å². The lowest BCUT2D eigenvalue weighted by molar-refractivity contribution is 0.0982. The second-order valence-electron chi connectivity index (χ2n) is 2.46. The maximum absolute atomic E-state index is 11.3. The molecular formula is C9H10ClNO2. The summed E-state index contributed by atoms with van der Waals surface area (Å²) in [6.07, 6.45) is 0.389. The van der Waals surface area contributed by atoms with Crippen LogP contribution in [-0.2, 0) is 0 Å². The van der Waals surface area contributed by atoms with Gasteiger partial charge >= 0.3 is 0 Å². The number of aromatic nitrogens is 1. The van der Waals surface area contributed by atoms with E-state index in [0.29, 0.717) is 17.3 Å². The minimum Gasteiger partial charge on any atom is -0.481 e. The van der Waals surface area contributed by atoms with Gasteiger partial charge in [0, 0.05) is 12.5 Å². The van der Waals surface area contributed by atoms with Gasteiger partial charge in [-0.25, -0.2) is 4.98 Å². The number of hydrogen-bond acceptors (Lipinski definition) is 3. The fourth-order valence-corrected chi connectivity index (χ4v) is 1.11. The molecule has 0 aromatic carbocycles. The Morgan fingerprint density at radius 1 is 1.62 bits per heavy atom. The number of rotatable bonds is 3. The lowest BCUT2D eigenvalue weighted by Crippen LogP contribution is -2.02. The van der Waals surface area contributed by atoms with E-state index in [1.54, 1.807) is 19.1 Å². The second kappa shape index (κ2) is 4.23. The van der Waals surface area contributed by atoms with Crippen LogP contribution in [0.2, 0.25) is 5.02 Å². The zero-order chi connectivity index (χ0) is 9.84. The van der Waals surface area contributed by atoms with Crippen molar-refractivity contribution in [2.75, 3.05) is 7.11 Å². The van der Waals surface area contributed by atoms with Crippen molar-refractivity contribution >= 4 is 17.4 Å². The van der Waals surface area contributed by atoms with E-state index in [4.69, 9.17) is 16.3 Å². The van der Waals surface area contributed by atoms with Gasteiger partial charge in [0.2, 0.25) is 5.88 Å². The summed E-state index contributed by atoms with van der Waals surface area (Å²) in [5, 5.41) is 0.368. The molecule has 0 radical (unpaired) electrons. The van der Waals surface area contributed by atoms with Crippen LogP contribution in [0.25, 0.3) is 0 Å². The molecule has 0 amide bonds. The van der Waals surface area contributed by atoms with Crippen molar-refractivity contribution in [1.29, 1.82) is 0 Å². The molecule has 1 aromatic rings. The van der Waals surface area contributed by atoms with Gasteiger partial charge in [-0.3, -0.25) is 4.79 Å². The Balaban J connectivity index is 3.11. The third-order valence-corrected chi connectivity index (χ3v) is 1.92. The Kier molecular flexibility index (Phi) is 3.25. The molecule has 0 atom stereocenters. The number of carbonyl (C=O) groups excluding carboxylic acids is 1. The molecule has 0 aliphatic rings. The Morgan fingerprint density at radius 2 is 2.31 bits per heavy atom. The predicted octanol–water partition coefficient (Wildman–Crippen LogP) is 2.34. The highest BCUT2D eigenvalue weighted by Gasteiger charge is 2.10. The first-order valence-electron chi connectivity index (χ1n) is 3.92. The van der Waals surface area contributed by atoms with Crippen LogP contribution in [0.15, 0.2) is 12.1 Å². The number of Topliss-reactive ketones (excluding diaryl/α,β-unsaturated/α-hetero) is 1. The zero-order valence-electron chi connectivity index (χ0n) is 7.50. The number of hydrogen-bond donors (Lipinski definition) is 0. The van der Waals surface area contributed by atoms with Gasteiger partial charge in [-0.1, -0.05) is 18.5 Å². The molecule has 0 bridgehead atoms. The van der Waals surface area contributed by atoms with Crippen molar-refractivity contribution in [2.24, 2.45) is 0 Å². The maximum atomic E-state index is 11.3. The fourth-order valence-electron chi connectivity index (χ4n) is 0.901. The van der Waals surface area contributed by atoms with Gasteiger partial charge in [-0.2, -0.15) is 0 Å². The Hall–Kier alpha value is -1.09. The molecule has 0 spiro atoms. The highest BCUT2D eigenvalue weighted by Crippen LogP contribution is 2.18.